The predicted octanol–water partition coefficient (Wildman–Crippen LogP) is 3.68. The van der Waals surface area contributed by atoms with Gasteiger partial charge < -0.3 is 15.2 Å². The van der Waals surface area contributed by atoms with Gasteiger partial charge in [-0.3, -0.25) is 0 Å². The minimum atomic E-state index is -0.427. The van der Waals surface area contributed by atoms with Crippen LogP contribution in [0, 0.1) is 0 Å². The average Bonchev–Trinajstić information content (AvgIpc) is 2.47. The van der Waals surface area contributed by atoms with E-state index in [1.54, 1.807) is 37.3 Å². The van der Waals surface area contributed by atoms with Crippen molar-refractivity contribution in [1.29, 1.82) is 0 Å². The number of carbonyl (C=O) groups excluding carboxylic acids is 1. The summed E-state index contributed by atoms with van der Waals surface area (Å²) in [5.41, 5.74) is 7.57. The monoisotopic (exact) mass is 305 g/mol. The van der Waals surface area contributed by atoms with Crippen LogP contribution in [-0.4, -0.2) is 12.6 Å². The van der Waals surface area contributed by atoms with Crippen LogP contribution in [0.15, 0.2) is 42.5 Å². The van der Waals surface area contributed by atoms with E-state index in [4.69, 9.17) is 26.8 Å². The van der Waals surface area contributed by atoms with E-state index in [1.165, 1.54) is 0 Å². The molecular weight excluding hydrogens is 290 g/mol. The summed E-state index contributed by atoms with van der Waals surface area (Å²) in [6, 6.07) is 12.1. The summed E-state index contributed by atoms with van der Waals surface area (Å²) in [5, 5.41) is 0.662. The molecule has 0 fully saturated rings. The van der Waals surface area contributed by atoms with Crippen LogP contribution in [0.5, 0.6) is 5.75 Å². The van der Waals surface area contributed by atoms with Gasteiger partial charge in [-0.1, -0.05) is 23.7 Å². The first kappa shape index (κ1) is 15.2. The van der Waals surface area contributed by atoms with E-state index in [0.29, 0.717) is 35.2 Å². The van der Waals surface area contributed by atoms with Crippen LogP contribution < -0.4 is 10.5 Å². The smallest absolute Gasteiger partial charge is 0.341 e. The van der Waals surface area contributed by atoms with E-state index in [-0.39, 0.29) is 0 Å². The SMILES string of the molecule is CCOC(=O)c1ccc(N)cc1OCc1ccc(Cl)cc1. The lowest BCUT2D eigenvalue weighted by molar-refractivity contribution is 0.0521. The number of carbonyl (C=O) groups is 1. The van der Waals surface area contributed by atoms with E-state index in [0.717, 1.165) is 5.56 Å². The molecule has 5 heteroatoms. The maximum absolute atomic E-state index is 11.9. The summed E-state index contributed by atoms with van der Waals surface area (Å²) >= 11 is 5.83. The molecule has 21 heavy (non-hydrogen) atoms. The summed E-state index contributed by atoms with van der Waals surface area (Å²) in [5.74, 6) is -0.0213. The van der Waals surface area contributed by atoms with Gasteiger partial charge in [-0.15, -0.1) is 0 Å². The third-order valence-corrected chi connectivity index (χ3v) is 3.06. The molecule has 0 saturated heterocycles. The number of nitrogen functional groups attached to an aromatic ring is 1. The van der Waals surface area contributed by atoms with Crippen LogP contribution in [-0.2, 0) is 11.3 Å². The summed E-state index contributed by atoms with van der Waals surface area (Å²) in [4.78, 5) is 11.9. The van der Waals surface area contributed by atoms with Crippen molar-refractivity contribution >= 4 is 23.3 Å². The van der Waals surface area contributed by atoms with Gasteiger partial charge in [0.2, 0.25) is 0 Å². The second-order valence-corrected chi connectivity index (χ2v) is 4.83. The highest BCUT2D eigenvalue weighted by atomic mass is 35.5. The molecule has 0 aliphatic heterocycles. The van der Waals surface area contributed by atoms with Crippen molar-refractivity contribution in [3.63, 3.8) is 0 Å². The van der Waals surface area contributed by atoms with Crippen molar-refractivity contribution < 1.29 is 14.3 Å². The summed E-state index contributed by atoms with van der Waals surface area (Å²) in [6.45, 7) is 2.37. The van der Waals surface area contributed by atoms with Crippen LogP contribution in [0.4, 0.5) is 5.69 Å². The Balaban J connectivity index is 2.16. The Kier molecular flexibility index (Phi) is 5.06. The molecule has 0 heterocycles. The lowest BCUT2D eigenvalue weighted by Gasteiger charge is -2.11. The van der Waals surface area contributed by atoms with Gasteiger partial charge in [0.05, 0.1) is 6.61 Å². The second kappa shape index (κ2) is 6.99. The molecule has 2 aromatic carbocycles. The van der Waals surface area contributed by atoms with E-state index in [9.17, 15) is 4.79 Å². The van der Waals surface area contributed by atoms with Gasteiger partial charge >= 0.3 is 5.97 Å². The number of rotatable bonds is 5. The van der Waals surface area contributed by atoms with Gasteiger partial charge in [-0.25, -0.2) is 4.79 Å². The molecule has 0 bridgehead atoms. The molecule has 2 N–H and O–H groups in total. The van der Waals surface area contributed by atoms with E-state index in [1.807, 2.05) is 12.1 Å². The van der Waals surface area contributed by atoms with Gasteiger partial charge in [0.1, 0.15) is 17.9 Å². The first-order valence-electron chi connectivity index (χ1n) is 6.54. The van der Waals surface area contributed by atoms with Crippen molar-refractivity contribution in [1.82, 2.24) is 0 Å². The Morgan fingerprint density at radius 1 is 1.19 bits per heavy atom. The molecule has 0 aliphatic rings. The minimum absolute atomic E-state index is 0.305. The number of benzene rings is 2. The van der Waals surface area contributed by atoms with E-state index in [2.05, 4.69) is 0 Å². The first-order valence-corrected chi connectivity index (χ1v) is 6.92. The number of anilines is 1. The van der Waals surface area contributed by atoms with Crippen LogP contribution in [0.2, 0.25) is 5.02 Å². The third kappa shape index (κ3) is 4.13. The zero-order chi connectivity index (χ0) is 15.2. The molecular formula is C16H16ClNO3. The van der Waals surface area contributed by atoms with Gasteiger partial charge in [0, 0.05) is 16.8 Å². The van der Waals surface area contributed by atoms with Gasteiger partial charge in [-0.05, 0) is 36.8 Å². The lowest BCUT2D eigenvalue weighted by Crippen LogP contribution is -2.08. The minimum Gasteiger partial charge on any atom is -0.488 e. The highest BCUT2D eigenvalue weighted by Gasteiger charge is 2.14. The highest BCUT2D eigenvalue weighted by Crippen LogP contribution is 2.24. The maximum Gasteiger partial charge on any atom is 0.341 e. The predicted molar refractivity (Wildman–Crippen MR) is 82.6 cm³/mol. The van der Waals surface area contributed by atoms with Crippen molar-refractivity contribution in [2.75, 3.05) is 12.3 Å². The number of esters is 1. The molecule has 2 rings (SSSR count). The number of halogens is 1. The van der Waals surface area contributed by atoms with Gasteiger partial charge in [0.15, 0.2) is 0 Å². The molecule has 0 spiro atoms. The second-order valence-electron chi connectivity index (χ2n) is 4.39. The number of ether oxygens (including phenoxy) is 2. The average molecular weight is 306 g/mol. The fourth-order valence-corrected chi connectivity index (χ4v) is 1.90. The Bertz CT molecular complexity index is 626. The van der Waals surface area contributed by atoms with Crippen molar-refractivity contribution in [2.45, 2.75) is 13.5 Å². The summed E-state index contributed by atoms with van der Waals surface area (Å²) < 4.78 is 10.7. The normalized spacial score (nSPS) is 10.2. The van der Waals surface area contributed by atoms with Crippen LogP contribution in [0.25, 0.3) is 0 Å². The summed E-state index contributed by atoms with van der Waals surface area (Å²) in [7, 11) is 0. The molecule has 0 aliphatic carbocycles. The number of nitrogens with two attached hydrogens (primary N) is 1. The molecule has 110 valence electrons. The van der Waals surface area contributed by atoms with Gasteiger partial charge in [-0.2, -0.15) is 0 Å². The highest BCUT2D eigenvalue weighted by molar-refractivity contribution is 6.30. The van der Waals surface area contributed by atoms with E-state index >= 15 is 0 Å². The van der Waals surface area contributed by atoms with Crippen LogP contribution >= 0.6 is 11.6 Å². The van der Waals surface area contributed by atoms with Crippen molar-refractivity contribution in [3.8, 4) is 5.75 Å². The zero-order valence-electron chi connectivity index (χ0n) is 11.6. The first-order chi connectivity index (χ1) is 10.1. The molecule has 0 amide bonds. The summed E-state index contributed by atoms with van der Waals surface area (Å²) in [6.07, 6.45) is 0. The Hall–Kier alpha value is -2.20. The van der Waals surface area contributed by atoms with Crippen molar-refractivity contribution in [3.05, 3.63) is 58.6 Å². The fraction of sp³-hybridized carbons (Fsp3) is 0.188. The zero-order valence-corrected chi connectivity index (χ0v) is 12.4. The van der Waals surface area contributed by atoms with E-state index < -0.39 is 5.97 Å². The number of hydrogen-bond acceptors (Lipinski definition) is 4. The van der Waals surface area contributed by atoms with Crippen LogP contribution in [0.3, 0.4) is 0 Å². The molecule has 0 unspecified atom stereocenters. The molecule has 0 aromatic heterocycles. The number of hydrogen-bond donors (Lipinski definition) is 1. The Morgan fingerprint density at radius 2 is 1.90 bits per heavy atom. The molecule has 2 aromatic rings. The standard InChI is InChI=1S/C16H16ClNO3/c1-2-20-16(19)14-8-7-13(18)9-15(14)21-10-11-3-5-12(17)6-4-11/h3-9H,2,10,18H2,1H3. The topological polar surface area (TPSA) is 61.5 Å². The molecule has 0 atom stereocenters. The van der Waals surface area contributed by atoms with Gasteiger partial charge in [0.25, 0.3) is 0 Å². The molecule has 0 radical (unpaired) electrons. The third-order valence-electron chi connectivity index (χ3n) is 2.81. The molecule has 0 saturated carbocycles. The lowest BCUT2D eigenvalue weighted by atomic mass is 10.2. The van der Waals surface area contributed by atoms with Crippen molar-refractivity contribution in [2.24, 2.45) is 0 Å². The fourth-order valence-electron chi connectivity index (χ4n) is 1.78. The quantitative estimate of drug-likeness (QED) is 0.676. The Labute approximate surface area is 128 Å². The Morgan fingerprint density at radius 3 is 2.57 bits per heavy atom. The molecule has 4 nitrogen and oxygen atoms in total. The van der Waals surface area contributed by atoms with Crippen LogP contribution in [0.1, 0.15) is 22.8 Å². The maximum atomic E-state index is 11.9. The largest absolute Gasteiger partial charge is 0.488 e.